The van der Waals surface area contributed by atoms with Crippen LogP contribution in [0.5, 0.6) is 0 Å². The van der Waals surface area contributed by atoms with Crippen LogP contribution in [0.3, 0.4) is 0 Å². The Kier molecular flexibility index (Phi) is 6.57. The molecule has 0 unspecified atom stereocenters. The lowest BCUT2D eigenvalue weighted by Crippen LogP contribution is -2.34. The van der Waals surface area contributed by atoms with E-state index in [9.17, 15) is 9.59 Å². The average molecular weight is 364 g/mol. The lowest BCUT2D eigenvalue weighted by Gasteiger charge is -2.13. The molecule has 0 aromatic heterocycles. The maximum atomic E-state index is 12.4. The van der Waals surface area contributed by atoms with E-state index in [1.165, 1.54) is 22.2 Å². The molecule has 2 rings (SSSR count). The monoisotopic (exact) mass is 363 g/mol. The van der Waals surface area contributed by atoms with Crippen LogP contribution in [0.25, 0.3) is 6.08 Å². The Hall–Kier alpha value is -1.66. The van der Waals surface area contributed by atoms with Crippen molar-refractivity contribution in [2.24, 2.45) is 0 Å². The van der Waals surface area contributed by atoms with Gasteiger partial charge in [-0.3, -0.25) is 14.5 Å². The van der Waals surface area contributed by atoms with Crippen LogP contribution in [0.2, 0.25) is 0 Å². The third kappa shape index (κ3) is 4.68. The van der Waals surface area contributed by atoms with Crippen LogP contribution < -0.4 is 0 Å². The zero-order valence-corrected chi connectivity index (χ0v) is 15.7. The minimum atomic E-state index is -0.435. The SMILES string of the molecule is CCCOC(=O)CN1C(=O)/C(=C/c2ccc(C(C)C)cc2)SC1=S. The van der Waals surface area contributed by atoms with E-state index in [-0.39, 0.29) is 12.5 Å². The lowest BCUT2D eigenvalue weighted by atomic mass is 10.0. The number of nitrogens with zero attached hydrogens (tertiary/aromatic N) is 1. The van der Waals surface area contributed by atoms with Gasteiger partial charge in [0, 0.05) is 0 Å². The second-order valence-corrected chi connectivity index (χ2v) is 7.49. The standard InChI is InChI=1S/C18H21NO3S2/c1-4-9-22-16(20)11-19-17(21)15(24-18(19)23)10-13-5-7-14(8-6-13)12(2)3/h5-8,10,12H,4,9,11H2,1-3H3/b15-10-. The molecule has 0 saturated carbocycles. The van der Waals surface area contributed by atoms with Crippen molar-refractivity contribution in [3.05, 3.63) is 40.3 Å². The van der Waals surface area contributed by atoms with Gasteiger partial charge >= 0.3 is 5.97 Å². The van der Waals surface area contributed by atoms with Crippen LogP contribution in [-0.2, 0) is 14.3 Å². The first-order valence-corrected chi connectivity index (χ1v) is 9.15. The van der Waals surface area contributed by atoms with Gasteiger partial charge in [-0.05, 0) is 29.5 Å². The molecule has 6 heteroatoms. The molecule has 1 heterocycles. The molecule has 0 bridgehead atoms. The van der Waals surface area contributed by atoms with E-state index >= 15 is 0 Å². The molecule has 128 valence electrons. The lowest BCUT2D eigenvalue weighted by molar-refractivity contribution is -0.146. The first-order valence-electron chi connectivity index (χ1n) is 7.93. The van der Waals surface area contributed by atoms with Gasteiger partial charge in [-0.25, -0.2) is 0 Å². The van der Waals surface area contributed by atoms with Crippen LogP contribution in [0, 0.1) is 0 Å². The molecule has 1 amide bonds. The van der Waals surface area contributed by atoms with Crippen LogP contribution in [0.4, 0.5) is 0 Å². The summed E-state index contributed by atoms with van der Waals surface area (Å²) in [7, 11) is 0. The fourth-order valence-corrected chi connectivity index (χ4v) is 3.41. The van der Waals surface area contributed by atoms with Gasteiger partial charge in [0.1, 0.15) is 10.9 Å². The Bertz CT molecular complexity index is 665. The summed E-state index contributed by atoms with van der Waals surface area (Å²) in [5, 5.41) is 0. The predicted octanol–water partition coefficient (Wildman–Crippen LogP) is 3.96. The van der Waals surface area contributed by atoms with Crippen LogP contribution >= 0.6 is 24.0 Å². The van der Waals surface area contributed by atoms with Gasteiger partial charge in [0.25, 0.3) is 5.91 Å². The van der Waals surface area contributed by atoms with Gasteiger partial charge in [-0.15, -0.1) is 0 Å². The highest BCUT2D eigenvalue weighted by Crippen LogP contribution is 2.32. The van der Waals surface area contributed by atoms with Crippen molar-refractivity contribution in [1.82, 2.24) is 4.90 Å². The zero-order valence-electron chi connectivity index (χ0n) is 14.1. The van der Waals surface area contributed by atoms with Crippen molar-refractivity contribution in [2.45, 2.75) is 33.1 Å². The second kappa shape index (κ2) is 8.44. The summed E-state index contributed by atoms with van der Waals surface area (Å²) in [4.78, 5) is 26.0. The fraction of sp³-hybridized carbons (Fsp3) is 0.389. The molecule has 4 nitrogen and oxygen atoms in total. The molecule has 1 saturated heterocycles. The van der Waals surface area contributed by atoms with E-state index < -0.39 is 5.97 Å². The summed E-state index contributed by atoms with van der Waals surface area (Å²) in [5.41, 5.74) is 2.19. The molecular weight excluding hydrogens is 342 g/mol. The van der Waals surface area contributed by atoms with Crippen molar-refractivity contribution in [1.29, 1.82) is 0 Å². The molecule has 0 radical (unpaired) electrons. The van der Waals surface area contributed by atoms with E-state index in [1.54, 1.807) is 6.08 Å². The molecule has 0 N–H and O–H groups in total. The number of amides is 1. The highest BCUT2D eigenvalue weighted by molar-refractivity contribution is 8.26. The number of hydrogen-bond donors (Lipinski definition) is 0. The maximum Gasteiger partial charge on any atom is 0.326 e. The number of thiocarbonyl (C=S) groups is 1. The van der Waals surface area contributed by atoms with Crippen molar-refractivity contribution < 1.29 is 14.3 Å². The predicted molar refractivity (Wildman–Crippen MR) is 102 cm³/mol. The Labute approximate surface area is 152 Å². The number of hydrogen-bond acceptors (Lipinski definition) is 5. The fourth-order valence-electron chi connectivity index (χ4n) is 2.16. The van der Waals surface area contributed by atoms with Crippen LogP contribution in [-0.4, -0.2) is 34.2 Å². The van der Waals surface area contributed by atoms with Crippen LogP contribution in [0.1, 0.15) is 44.2 Å². The minimum absolute atomic E-state index is 0.131. The number of benzene rings is 1. The van der Waals surface area contributed by atoms with E-state index in [4.69, 9.17) is 17.0 Å². The average Bonchev–Trinajstić information content (AvgIpc) is 2.81. The summed E-state index contributed by atoms with van der Waals surface area (Å²) in [6.07, 6.45) is 2.55. The molecule has 1 aromatic carbocycles. The Balaban J connectivity index is 2.08. The zero-order chi connectivity index (χ0) is 17.7. The molecule has 24 heavy (non-hydrogen) atoms. The van der Waals surface area contributed by atoms with Gasteiger partial charge in [-0.2, -0.15) is 0 Å². The van der Waals surface area contributed by atoms with E-state index in [0.717, 1.165) is 12.0 Å². The molecule has 0 spiro atoms. The molecule has 1 fully saturated rings. The number of thioether (sulfide) groups is 1. The molecule has 0 aliphatic carbocycles. The van der Waals surface area contributed by atoms with E-state index in [0.29, 0.717) is 21.8 Å². The quantitative estimate of drug-likeness (QED) is 0.435. The molecule has 1 aromatic rings. The molecule has 0 atom stereocenters. The first kappa shape index (κ1) is 18.7. The number of carbonyl (C=O) groups is 2. The van der Waals surface area contributed by atoms with Crippen molar-refractivity contribution in [3.8, 4) is 0 Å². The van der Waals surface area contributed by atoms with Crippen molar-refractivity contribution in [3.63, 3.8) is 0 Å². The summed E-state index contributed by atoms with van der Waals surface area (Å²) in [6, 6.07) is 8.08. The van der Waals surface area contributed by atoms with Gasteiger partial charge < -0.3 is 4.74 Å². The Morgan fingerprint density at radius 1 is 1.33 bits per heavy atom. The molecular formula is C18H21NO3S2. The largest absolute Gasteiger partial charge is 0.464 e. The smallest absolute Gasteiger partial charge is 0.326 e. The Morgan fingerprint density at radius 3 is 2.58 bits per heavy atom. The second-order valence-electron chi connectivity index (χ2n) is 5.81. The molecule has 1 aliphatic rings. The van der Waals surface area contributed by atoms with E-state index in [1.807, 2.05) is 19.1 Å². The van der Waals surface area contributed by atoms with Gasteiger partial charge in [-0.1, -0.05) is 69.0 Å². The highest BCUT2D eigenvalue weighted by Gasteiger charge is 2.33. The topological polar surface area (TPSA) is 46.6 Å². The summed E-state index contributed by atoms with van der Waals surface area (Å²) >= 11 is 6.43. The third-order valence-corrected chi connectivity index (χ3v) is 4.91. The number of rotatable bonds is 6. The van der Waals surface area contributed by atoms with Gasteiger partial charge in [0.2, 0.25) is 0 Å². The Morgan fingerprint density at radius 2 is 2.00 bits per heavy atom. The normalized spacial score (nSPS) is 16.3. The van der Waals surface area contributed by atoms with Gasteiger partial charge in [0.15, 0.2) is 0 Å². The minimum Gasteiger partial charge on any atom is -0.464 e. The molecule has 1 aliphatic heterocycles. The van der Waals surface area contributed by atoms with E-state index in [2.05, 4.69) is 26.0 Å². The maximum absolute atomic E-state index is 12.4. The number of ether oxygens (including phenoxy) is 1. The van der Waals surface area contributed by atoms with Crippen molar-refractivity contribution >= 4 is 46.3 Å². The van der Waals surface area contributed by atoms with Gasteiger partial charge in [0.05, 0.1) is 11.5 Å². The summed E-state index contributed by atoms with van der Waals surface area (Å²) in [6.45, 7) is 6.41. The summed E-state index contributed by atoms with van der Waals surface area (Å²) < 4.78 is 5.41. The highest BCUT2D eigenvalue weighted by atomic mass is 32.2. The first-order chi connectivity index (χ1) is 11.4. The number of carbonyl (C=O) groups excluding carboxylic acids is 2. The summed E-state index contributed by atoms with van der Waals surface area (Å²) in [5.74, 6) is -0.214. The van der Waals surface area contributed by atoms with Crippen molar-refractivity contribution in [2.75, 3.05) is 13.2 Å². The third-order valence-electron chi connectivity index (χ3n) is 3.53. The number of esters is 1. The van der Waals surface area contributed by atoms with Crippen LogP contribution in [0.15, 0.2) is 29.2 Å².